The van der Waals surface area contributed by atoms with Crippen LogP contribution in [-0.4, -0.2) is 41.0 Å². The maximum atomic E-state index is 11.7. The molecule has 0 aromatic rings. The summed E-state index contributed by atoms with van der Waals surface area (Å²) in [7, 11) is -0.995. The van der Waals surface area contributed by atoms with Crippen LogP contribution in [0.3, 0.4) is 0 Å². The van der Waals surface area contributed by atoms with Crippen LogP contribution in [0.4, 0.5) is 18.0 Å². The highest BCUT2D eigenvalue weighted by Gasteiger charge is 2.27. The van der Waals surface area contributed by atoms with E-state index >= 15 is 0 Å². The maximum Gasteiger partial charge on any atom is 0.405 e. The van der Waals surface area contributed by atoms with Gasteiger partial charge < -0.3 is 10.6 Å². The minimum Gasteiger partial charge on any atom is -0.338 e. The molecule has 2 atom stereocenters. The molecule has 0 fully saturated rings. The summed E-state index contributed by atoms with van der Waals surface area (Å²) < 4.78 is 46.0. The fraction of sp³-hybridized carbons (Fsp3) is 0.875. The predicted octanol–water partition coefficient (Wildman–Crippen LogP) is 1.01. The molecule has 2 amide bonds. The Morgan fingerprint density at radius 1 is 1.38 bits per heavy atom. The monoisotopic (exact) mass is 260 g/mol. The van der Waals surface area contributed by atoms with Gasteiger partial charge in [-0.05, 0) is 6.42 Å². The lowest BCUT2D eigenvalue weighted by Gasteiger charge is -2.11. The molecule has 0 aromatic carbocycles. The minimum atomic E-state index is -4.41. The topological polar surface area (TPSA) is 58.2 Å². The molecule has 0 rings (SSSR count). The van der Waals surface area contributed by atoms with E-state index in [0.29, 0.717) is 6.42 Å². The lowest BCUT2D eigenvalue weighted by molar-refractivity contribution is -0.122. The van der Waals surface area contributed by atoms with Gasteiger partial charge >= 0.3 is 12.2 Å². The molecular weight excluding hydrogens is 245 g/mol. The van der Waals surface area contributed by atoms with Gasteiger partial charge in [0.2, 0.25) is 0 Å². The van der Waals surface area contributed by atoms with Crippen molar-refractivity contribution in [1.29, 1.82) is 0 Å². The Bertz CT molecular complexity index is 258. The van der Waals surface area contributed by atoms with Gasteiger partial charge in [-0.3, -0.25) is 4.21 Å². The van der Waals surface area contributed by atoms with E-state index in [1.807, 2.05) is 0 Å². The Morgan fingerprint density at radius 3 is 2.38 bits per heavy atom. The second-order valence-corrected chi connectivity index (χ2v) is 5.12. The molecule has 16 heavy (non-hydrogen) atoms. The van der Waals surface area contributed by atoms with Crippen molar-refractivity contribution in [3.05, 3.63) is 0 Å². The van der Waals surface area contributed by atoms with Crippen LogP contribution in [0.25, 0.3) is 0 Å². The first-order valence-corrected chi connectivity index (χ1v) is 6.25. The smallest absolute Gasteiger partial charge is 0.338 e. The average molecular weight is 260 g/mol. The van der Waals surface area contributed by atoms with Gasteiger partial charge in [-0.1, -0.05) is 6.92 Å². The maximum absolute atomic E-state index is 11.7. The quantitative estimate of drug-likeness (QED) is 0.775. The number of hydrogen-bond donors (Lipinski definition) is 2. The van der Waals surface area contributed by atoms with Crippen LogP contribution in [0.15, 0.2) is 0 Å². The zero-order valence-electron chi connectivity index (χ0n) is 9.06. The molecule has 96 valence electrons. The minimum absolute atomic E-state index is 0.0945. The molecule has 0 aliphatic heterocycles. The number of amides is 2. The first-order chi connectivity index (χ1) is 7.22. The molecule has 0 aliphatic rings. The van der Waals surface area contributed by atoms with Crippen molar-refractivity contribution in [2.75, 3.05) is 19.3 Å². The van der Waals surface area contributed by atoms with Gasteiger partial charge in [-0.25, -0.2) is 4.79 Å². The predicted molar refractivity (Wildman–Crippen MR) is 55.6 cm³/mol. The molecular formula is C8H15F3N2O2S. The molecule has 0 saturated carbocycles. The summed E-state index contributed by atoms with van der Waals surface area (Å²) in [4.78, 5) is 10.8. The third-order valence-electron chi connectivity index (χ3n) is 1.85. The van der Waals surface area contributed by atoms with Crippen molar-refractivity contribution in [2.24, 2.45) is 0 Å². The number of halogens is 3. The van der Waals surface area contributed by atoms with Gasteiger partial charge in [-0.15, -0.1) is 0 Å². The summed E-state index contributed by atoms with van der Waals surface area (Å²) >= 11 is 0. The largest absolute Gasteiger partial charge is 0.405 e. The molecule has 2 unspecified atom stereocenters. The highest BCUT2D eigenvalue weighted by Crippen LogP contribution is 2.11. The van der Waals surface area contributed by atoms with Crippen molar-refractivity contribution >= 4 is 16.8 Å². The second kappa shape index (κ2) is 6.72. The Kier molecular flexibility index (Phi) is 6.39. The van der Waals surface area contributed by atoms with Crippen LogP contribution < -0.4 is 10.6 Å². The summed E-state index contributed by atoms with van der Waals surface area (Å²) in [5.74, 6) is 0. The fourth-order valence-corrected chi connectivity index (χ4v) is 1.25. The molecule has 0 spiro atoms. The molecule has 0 aromatic heterocycles. The van der Waals surface area contributed by atoms with Crippen LogP contribution in [0, 0.1) is 0 Å². The Balaban J connectivity index is 3.63. The van der Waals surface area contributed by atoms with Crippen molar-refractivity contribution in [3.63, 3.8) is 0 Å². The van der Waals surface area contributed by atoms with E-state index in [4.69, 9.17) is 0 Å². The lowest BCUT2D eigenvalue weighted by atomic mass is 10.3. The van der Waals surface area contributed by atoms with E-state index in [0.717, 1.165) is 0 Å². The van der Waals surface area contributed by atoms with Crippen LogP contribution in [0.1, 0.15) is 13.3 Å². The third kappa shape index (κ3) is 8.51. The van der Waals surface area contributed by atoms with E-state index in [-0.39, 0.29) is 11.8 Å². The standard InChI is InChI=1S/C8H15F3N2O2S/c1-6(16(2)15)3-4-12-7(14)13-5-8(9,10)11/h6H,3-5H2,1-2H3,(H2,12,13,14). The number of nitrogens with one attached hydrogen (secondary N) is 2. The third-order valence-corrected chi connectivity index (χ3v) is 3.22. The van der Waals surface area contributed by atoms with Crippen LogP contribution >= 0.6 is 0 Å². The molecule has 8 heteroatoms. The van der Waals surface area contributed by atoms with Gasteiger partial charge in [-0.2, -0.15) is 13.2 Å². The van der Waals surface area contributed by atoms with E-state index < -0.39 is 29.6 Å². The molecule has 0 heterocycles. The SMILES string of the molecule is CC(CCNC(=O)NCC(F)(F)F)S(C)=O. The molecule has 4 nitrogen and oxygen atoms in total. The highest BCUT2D eigenvalue weighted by molar-refractivity contribution is 7.84. The normalized spacial score (nSPS) is 15.3. The van der Waals surface area contributed by atoms with Gasteiger partial charge in [0, 0.05) is 28.9 Å². The molecule has 0 saturated heterocycles. The van der Waals surface area contributed by atoms with Crippen molar-refractivity contribution in [2.45, 2.75) is 24.8 Å². The van der Waals surface area contributed by atoms with Crippen LogP contribution in [0.5, 0.6) is 0 Å². The van der Waals surface area contributed by atoms with Gasteiger partial charge in [0.25, 0.3) is 0 Å². The van der Waals surface area contributed by atoms with Gasteiger partial charge in [0.1, 0.15) is 6.54 Å². The number of carbonyl (C=O) groups excluding carboxylic acids is 1. The number of carbonyl (C=O) groups is 1. The van der Waals surface area contributed by atoms with Crippen LogP contribution in [-0.2, 0) is 10.8 Å². The average Bonchev–Trinajstić information content (AvgIpc) is 2.13. The molecule has 0 aliphatic carbocycles. The summed E-state index contributed by atoms with van der Waals surface area (Å²) in [5, 5.41) is 3.84. The zero-order chi connectivity index (χ0) is 12.8. The zero-order valence-corrected chi connectivity index (χ0v) is 9.87. The van der Waals surface area contributed by atoms with E-state index in [1.165, 1.54) is 6.26 Å². The van der Waals surface area contributed by atoms with E-state index in [9.17, 15) is 22.2 Å². The molecule has 0 radical (unpaired) electrons. The summed E-state index contributed by atoms with van der Waals surface area (Å²) in [6.07, 6.45) is -2.41. The fourth-order valence-electron chi connectivity index (χ4n) is 0.798. The van der Waals surface area contributed by atoms with E-state index in [2.05, 4.69) is 5.32 Å². The summed E-state index contributed by atoms with van der Waals surface area (Å²) in [6.45, 7) is 0.587. The number of hydrogen-bond acceptors (Lipinski definition) is 2. The van der Waals surface area contributed by atoms with E-state index in [1.54, 1.807) is 12.2 Å². The van der Waals surface area contributed by atoms with Crippen molar-refractivity contribution < 1.29 is 22.2 Å². The molecule has 2 N–H and O–H groups in total. The Labute approximate surface area is 94.4 Å². The number of alkyl halides is 3. The van der Waals surface area contributed by atoms with Gasteiger partial charge in [0.05, 0.1) is 0 Å². The number of urea groups is 1. The first-order valence-electron chi connectivity index (χ1n) is 4.63. The first kappa shape index (κ1) is 15.2. The number of rotatable bonds is 5. The summed E-state index contributed by atoms with van der Waals surface area (Å²) in [6, 6.07) is -0.869. The van der Waals surface area contributed by atoms with Crippen molar-refractivity contribution in [3.8, 4) is 0 Å². The second-order valence-electron chi connectivity index (χ2n) is 3.32. The lowest BCUT2D eigenvalue weighted by Crippen LogP contribution is -2.41. The highest BCUT2D eigenvalue weighted by atomic mass is 32.2. The van der Waals surface area contributed by atoms with Gasteiger partial charge in [0.15, 0.2) is 0 Å². The van der Waals surface area contributed by atoms with Crippen LogP contribution in [0.2, 0.25) is 0 Å². The van der Waals surface area contributed by atoms with Crippen molar-refractivity contribution in [1.82, 2.24) is 10.6 Å². The Hall–Kier alpha value is -0.790. The molecule has 0 bridgehead atoms. The summed E-state index contributed by atoms with van der Waals surface area (Å²) in [5.41, 5.74) is 0. The Morgan fingerprint density at radius 2 is 1.94 bits per heavy atom.